The van der Waals surface area contributed by atoms with Crippen LogP contribution in [0, 0.1) is 0 Å². The Morgan fingerprint density at radius 2 is 1.90 bits per heavy atom. The molecule has 2 nitrogen and oxygen atoms in total. The third-order valence-electron chi connectivity index (χ3n) is 2.95. The van der Waals surface area contributed by atoms with Crippen LogP contribution in [-0.4, -0.2) is 16.3 Å². The molecule has 0 fully saturated rings. The van der Waals surface area contributed by atoms with Crippen LogP contribution in [0.15, 0.2) is 30.3 Å². The van der Waals surface area contributed by atoms with E-state index < -0.39 is 0 Å². The normalized spacial score (nSPS) is 11.8. The van der Waals surface area contributed by atoms with Gasteiger partial charge >= 0.3 is 0 Å². The van der Waals surface area contributed by atoms with E-state index in [2.05, 4.69) is 63.3 Å². The van der Waals surface area contributed by atoms with E-state index in [9.17, 15) is 0 Å². The maximum absolute atomic E-state index is 4.89. The van der Waals surface area contributed by atoms with E-state index in [-0.39, 0.29) is 4.75 Å². The number of nitrogens with one attached hydrogen (secondary N) is 1. The predicted molar refractivity (Wildman–Crippen MR) is 96.0 cm³/mol. The number of hydrogen-bond acceptors (Lipinski definition) is 4. The average Bonchev–Trinajstić information content (AvgIpc) is 2.86. The van der Waals surface area contributed by atoms with Crippen LogP contribution < -0.4 is 5.32 Å². The van der Waals surface area contributed by atoms with Gasteiger partial charge in [0, 0.05) is 27.5 Å². The summed E-state index contributed by atoms with van der Waals surface area (Å²) in [4.78, 5) is 6.23. The summed E-state index contributed by atoms with van der Waals surface area (Å²) >= 11 is 3.80. The van der Waals surface area contributed by atoms with Gasteiger partial charge in [-0.25, -0.2) is 4.98 Å². The Bertz CT molecular complexity index is 556. The molecule has 0 spiro atoms. The summed E-state index contributed by atoms with van der Waals surface area (Å²) in [5.74, 6) is 0.986. The van der Waals surface area contributed by atoms with Crippen molar-refractivity contribution >= 4 is 23.1 Å². The van der Waals surface area contributed by atoms with Gasteiger partial charge in [-0.2, -0.15) is 0 Å². The third kappa shape index (κ3) is 5.13. The molecule has 0 saturated carbocycles. The summed E-state index contributed by atoms with van der Waals surface area (Å²) in [6.07, 6.45) is 0. The van der Waals surface area contributed by atoms with Crippen LogP contribution in [0.1, 0.15) is 37.6 Å². The third-order valence-corrected chi connectivity index (χ3v) is 5.47. The minimum atomic E-state index is 0.278. The van der Waals surface area contributed by atoms with Crippen molar-refractivity contribution in [2.75, 3.05) is 6.54 Å². The lowest BCUT2D eigenvalue weighted by Crippen LogP contribution is -2.11. The van der Waals surface area contributed by atoms with Crippen molar-refractivity contribution in [2.45, 2.75) is 44.7 Å². The van der Waals surface area contributed by atoms with Crippen molar-refractivity contribution in [1.82, 2.24) is 10.3 Å². The molecule has 114 valence electrons. The minimum Gasteiger partial charge on any atom is -0.312 e. The summed E-state index contributed by atoms with van der Waals surface area (Å²) < 4.78 is 0.278. The summed E-state index contributed by atoms with van der Waals surface area (Å²) in [7, 11) is 0. The van der Waals surface area contributed by atoms with E-state index in [1.165, 1.54) is 15.4 Å². The lowest BCUT2D eigenvalue weighted by Gasteiger charge is -2.16. The lowest BCUT2D eigenvalue weighted by atomic mass is 10.1. The molecule has 1 aromatic heterocycles. The van der Waals surface area contributed by atoms with E-state index in [1.54, 1.807) is 0 Å². The van der Waals surface area contributed by atoms with Gasteiger partial charge in [0.05, 0.1) is 5.69 Å². The van der Waals surface area contributed by atoms with Gasteiger partial charge < -0.3 is 5.32 Å². The van der Waals surface area contributed by atoms with Crippen LogP contribution in [0.25, 0.3) is 11.3 Å². The smallest absolute Gasteiger partial charge is 0.103 e. The van der Waals surface area contributed by atoms with Crippen LogP contribution in [0.2, 0.25) is 0 Å². The van der Waals surface area contributed by atoms with Gasteiger partial charge in [-0.15, -0.1) is 23.1 Å². The van der Waals surface area contributed by atoms with Crippen molar-refractivity contribution in [2.24, 2.45) is 0 Å². The molecule has 1 heterocycles. The molecule has 0 aliphatic carbocycles. The fourth-order valence-electron chi connectivity index (χ4n) is 1.92. The number of rotatable bonds is 6. The highest BCUT2D eigenvalue weighted by atomic mass is 32.2. The Balaban J connectivity index is 2.23. The van der Waals surface area contributed by atoms with Gasteiger partial charge in [-0.05, 0) is 6.54 Å². The molecule has 0 aliphatic heterocycles. The van der Waals surface area contributed by atoms with Gasteiger partial charge in [-0.1, -0.05) is 58.0 Å². The first-order valence-electron chi connectivity index (χ1n) is 7.38. The first kappa shape index (κ1) is 16.5. The highest BCUT2D eigenvalue weighted by Crippen LogP contribution is 2.33. The van der Waals surface area contributed by atoms with Crippen LogP contribution in [-0.2, 0) is 12.3 Å². The van der Waals surface area contributed by atoms with E-state index >= 15 is 0 Å². The Morgan fingerprint density at radius 3 is 2.52 bits per heavy atom. The molecule has 0 amide bonds. The summed E-state index contributed by atoms with van der Waals surface area (Å²) in [5.41, 5.74) is 2.36. The zero-order valence-electron chi connectivity index (χ0n) is 13.3. The molecule has 0 saturated heterocycles. The SMILES string of the molecule is CCNCc1sc(CSC(C)(C)C)nc1-c1ccccc1. The summed E-state index contributed by atoms with van der Waals surface area (Å²) in [5, 5.41) is 4.65. The van der Waals surface area contributed by atoms with Crippen molar-refractivity contribution in [3.63, 3.8) is 0 Å². The molecule has 2 rings (SSSR count). The molecule has 0 atom stereocenters. The monoisotopic (exact) mass is 320 g/mol. The Morgan fingerprint density at radius 1 is 1.19 bits per heavy atom. The Labute approximate surface area is 136 Å². The number of nitrogens with zero attached hydrogens (tertiary/aromatic N) is 1. The molecular weight excluding hydrogens is 296 g/mol. The second-order valence-electron chi connectivity index (χ2n) is 5.93. The van der Waals surface area contributed by atoms with Gasteiger partial charge in [0.1, 0.15) is 5.01 Å². The van der Waals surface area contributed by atoms with Gasteiger partial charge in [0.15, 0.2) is 0 Å². The zero-order chi connectivity index (χ0) is 15.3. The highest BCUT2D eigenvalue weighted by Gasteiger charge is 2.16. The standard InChI is InChI=1S/C17H24N2S2/c1-5-18-11-14-16(13-9-7-6-8-10-13)19-15(21-14)12-20-17(2,3)4/h6-10,18H,5,11-12H2,1-4H3. The number of aromatic nitrogens is 1. The number of benzene rings is 1. The van der Waals surface area contributed by atoms with Crippen LogP contribution in [0.3, 0.4) is 0 Å². The fraction of sp³-hybridized carbons (Fsp3) is 0.471. The largest absolute Gasteiger partial charge is 0.312 e. The quantitative estimate of drug-likeness (QED) is 0.815. The molecule has 0 radical (unpaired) electrons. The molecule has 21 heavy (non-hydrogen) atoms. The molecule has 0 aliphatic rings. The van der Waals surface area contributed by atoms with Crippen LogP contribution in [0.4, 0.5) is 0 Å². The van der Waals surface area contributed by atoms with Crippen LogP contribution in [0.5, 0.6) is 0 Å². The van der Waals surface area contributed by atoms with Crippen LogP contribution >= 0.6 is 23.1 Å². The number of hydrogen-bond donors (Lipinski definition) is 1. The average molecular weight is 321 g/mol. The van der Waals surface area contributed by atoms with Crippen molar-refractivity contribution in [3.8, 4) is 11.3 Å². The lowest BCUT2D eigenvalue weighted by molar-refractivity contribution is 0.735. The first-order valence-corrected chi connectivity index (χ1v) is 9.18. The first-order chi connectivity index (χ1) is 9.99. The zero-order valence-corrected chi connectivity index (χ0v) is 14.9. The number of thioether (sulfide) groups is 1. The molecule has 0 bridgehead atoms. The van der Waals surface area contributed by atoms with Crippen molar-refractivity contribution < 1.29 is 0 Å². The Kier molecular flexibility index (Phi) is 5.85. The predicted octanol–water partition coefficient (Wildman–Crippen LogP) is 4.95. The second-order valence-corrected chi connectivity index (χ2v) is 8.90. The summed E-state index contributed by atoms with van der Waals surface area (Å²) in [6.45, 7) is 10.8. The topological polar surface area (TPSA) is 24.9 Å². The minimum absolute atomic E-state index is 0.278. The molecule has 0 unspecified atom stereocenters. The van der Waals surface area contributed by atoms with Gasteiger partial charge in [0.2, 0.25) is 0 Å². The molecule has 2 aromatic rings. The van der Waals surface area contributed by atoms with Gasteiger partial charge in [-0.3, -0.25) is 0 Å². The summed E-state index contributed by atoms with van der Waals surface area (Å²) in [6, 6.07) is 10.5. The molecule has 1 N–H and O–H groups in total. The van der Waals surface area contributed by atoms with Gasteiger partial charge in [0.25, 0.3) is 0 Å². The second kappa shape index (κ2) is 7.43. The van der Waals surface area contributed by atoms with Crippen molar-refractivity contribution in [3.05, 3.63) is 40.2 Å². The van der Waals surface area contributed by atoms with E-state index in [0.29, 0.717) is 0 Å². The molecule has 1 aromatic carbocycles. The van der Waals surface area contributed by atoms with E-state index in [4.69, 9.17) is 4.98 Å². The van der Waals surface area contributed by atoms with E-state index in [0.717, 1.165) is 24.5 Å². The maximum Gasteiger partial charge on any atom is 0.103 e. The maximum atomic E-state index is 4.89. The molecule has 4 heteroatoms. The van der Waals surface area contributed by atoms with Crippen molar-refractivity contribution in [1.29, 1.82) is 0 Å². The highest BCUT2D eigenvalue weighted by molar-refractivity contribution is 7.99. The van der Waals surface area contributed by atoms with E-state index in [1.807, 2.05) is 23.1 Å². The molecular formula is C17H24N2S2. The fourth-order valence-corrected chi connectivity index (χ4v) is 3.81. The Hall–Kier alpha value is -0.840. The number of thiazole rings is 1.